The summed E-state index contributed by atoms with van der Waals surface area (Å²) in [5.41, 5.74) is 2.22. The van der Waals surface area contributed by atoms with E-state index in [2.05, 4.69) is 29.9 Å². The topological polar surface area (TPSA) is 125 Å². The van der Waals surface area contributed by atoms with Crippen molar-refractivity contribution >= 4 is 36.8 Å². The number of anilines is 1. The molecule has 208 valence electrons. The number of nitrogens with one attached hydrogen (secondary N) is 1. The largest absolute Gasteiger partial charge is 0.490 e. The normalized spacial score (nSPS) is 19.0. The molecule has 10 nitrogen and oxygen atoms in total. The maximum atomic E-state index is 12.6. The van der Waals surface area contributed by atoms with Gasteiger partial charge in [-0.25, -0.2) is 9.97 Å². The van der Waals surface area contributed by atoms with Gasteiger partial charge in [-0.3, -0.25) is 9.59 Å². The molecular formula is C28H36N4O6Si. The van der Waals surface area contributed by atoms with E-state index < -0.39 is 25.9 Å². The lowest BCUT2D eigenvalue weighted by Crippen LogP contribution is -2.24. The first-order chi connectivity index (χ1) is 18.6. The van der Waals surface area contributed by atoms with Gasteiger partial charge in [0.2, 0.25) is 11.8 Å². The number of carbonyl (C=O) groups is 2. The molecule has 0 bridgehead atoms. The van der Waals surface area contributed by atoms with Gasteiger partial charge in [-0.2, -0.15) is 0 Å². The lowest BCUT2D eigenvalue weighted by molar-refractivity contribution is -0.139. The number of rotatable bonds is 12. The summed E-state index contributed by atoms with van der Waals surface area (Å²) in [5.74, 6) is -0.913. The van der Waals surface area contributed by atoms with Gasteiger partial charge in [-0.05, 0) is 49.9 Å². The van der Waals surface area contributed by atoms with Crippen LogP contribution in [0.5, 0.6) is 11.6 Å². The first-order valence-corrected chi connectivity index (χ1v) is 17.2. The molecule has 2 fully saturated rings. The maximum Gasteiger partial charge on any atom is 0.307 e. The second-order valence-corrected chi connectivity index (χ2v) is 17.2. The van der Waals surface area contributed by atoms with Gasteiger partial charge in [-0.1, -0.05) is 19.6 Å². The molecular weight excluding hydrogens is 516 g/mol. The highest BCUT2D eigenvalue weighted by Gasteiger charge is 2.48. The highest BCUT2D eigenvalue weighted by Crippen LogP contribution is 2.43. The molecule has 2 aliphatic carbocycles. The molecule has 0 radical (unpaired) electrons. The Hall–Kier alpha value is -3.44. The van der Waals surface area contributed by atoms with E-state index in [1.807, 2.05) is 22.9 Å². The van der Waals surface area contributed by atoms with Crippen LogP contribution in [0, 0.1) is 11.8 Å². The van der Waals surface area contributed by atoms with E-state index in [0.29, 0.717) is 36.1 Å². The molecule has 2 atom stereocenters. The number of ether oxygens (including phenoxy) is 3. The minimum absolute atomic E-state index is 0.172. The predicted octanol–water partition coefficient (Wildman–Crippen LogP) is 5.01. The SMILES string of the molecule is COc1nccc(OC2CCC2)c1-c1cn(COCC[Si](C)(C)C)c2nc(NC(=O)[C@@H]3C[C@H]3C(=O)O)ccc12. The number of methoxy groups -OCH3 is 1. The Bertz CT molecular complexity index is 1380. The van der Waals surface area contributed by atoms with Crippen molar-refractivity contribution in [3.8, 4) is 22.8 Å². The summed E-state index contributed by atoms with van der Waals surface area (Å²) in [6.45, 7) is 7.86. The van der Waals surface area contributed by atoms with Crippen molar-refractivity contribution in [2.75, 3.05) is 19.0 Å². The lowest BCUT2D eigenvalue weighted by Gasteiger charge is -2.27. The fourth-order valence-corrected chi connectivity index (χ4v) is 5.40. The van der Waals surface area contributed by atoms with Crippen LogP contribution < -0.4 is 14.8 Å². The van der Waals surface area contributed by atoms with Crippen molar-refractivity contribution in [1.29, 1.82) is 0 Å². The van der Waals surface area contributed by atoms with Gasteiger partial charge in [0.25, 0.3) is 0 Å². The third kappa shape index (κ3) is 6.09. The number of carbonyl (C=O) groups excluding carboxylic acids is 1. The zero-order valence-electron chi connectivity index (χ0n) is 22.9. The van der Waals surface area contributed by atoms with Crippen molar-refractivity contribution in [2.24, 2.45) is 11.8 Å². The van der Waals surface area contributed by atoms with E-state index in [0.717, 1.165) is 41.8 Å². The van der Waals surface area contributed by atoms with Crippen molar-refractivity contribution in [2.45, 2.75) is 64.2 Å². The quantitative estimate of drug-likeness (QED) is 0.237. The number of fused-ring (bicyclic) bond motifs is 1. The van der Waals surface area contributed by atoms with Crippen LogP contribution in [0.1, 0.15) is 25.7 Å². The van der Waals surface area contributed by atoms with Gasteiger partial charge in [0.1, 0.15) is 23.9 Å². The summed E-state index contributed by atoms with van der Waals surface area (Å²) in [4.78, 5) is 33.0. The summed E-state index contributed by atoms with van der Waals surface area (Å²) in [6.07, 6.45) is 7.36. The number of pyridine rings is 2. The van der Waals surface area contributed by atoms with Gasteiger partial charge in [0.15, 0.2) is 0 Å². The number of amides is 1. The molecule has 0 saturated heterocycles. The van der Waals surface area contributed by atoms with Gasteiger partial charge in [0, 0.05) is 38.0 Å². The van der Waals surface area contributed by atoms with Gasteiger partial charge in [0.05, 0.1) is 30.6 Å². The number of nitrogens with zero attached hydrogens (tertiary/aromatic N) is 3. The minimum Gasteiger partial charge on any atom is -0.490 e. The lowest BCUT2D eigenvalue weighted by atomic mass is 9.96. The van der Waals surface area contributed by atoms with Crippen molar-refractivity contribution in [3.05, 3.63) is 30.6 Å². The number of aliphatic carboxylic acids is 1. The first-order valence-electron chi connectivity index (χ1n) is 13.5. The molecule has 5 rings (SSSR count). The molecule has 2 saturated carbocycles. The van der Waals surface area contributed by atoms with Crippen LogP contribution >= 0.6 is 0 Å². The average molecular weight is 553 g/mol. The van der Waals surface area contributed by atoms with Crippen LogP contribution in [0.2, 0.25) is 25.7 Å². The molecule has 0 aromatic carbocycles. The highest BCUT2D eigenvalue weighted by molar-refractivity contribution is 6.76. The Kier molecular flexibility index (Phi) is 7.63. The standard InChI is InChI=1S/C28H36N4O6Si/c1-36-27-24(22(10-11-29-27)38-17-6-5-7-17)21-15-32(16-37-12-13-39(2,3)4)25-18(21)8-9-23(30-25)31-26(33)19-14-20(19)28(34)35/h8-11,15,17,19-20H,5-7,12-14,16H2,1-4H3,(H,34,35)(H,30,31,33)/t19-,20-/m1/s1. The summed E-state index contributed by atoms with van der Waals surface area (Å²) in [7, 11) is 0.332. The molecule has 3 heterocycles. The Balaban J connectivity index is 1.50. The smallest absolute Gasteiger partial charge is 0.307 e. The van der Waals surface area contributed by atoms with Crippen molar-refractivity contribution < 1.29 is 28.9 Å². The van der Waals surface area contributed by atoms with E-state index >= 15 is 0 Å². The number of aromatic nitrogens is 3. The zero-order valence-corrected chi connectivity index (χ0v) is 23.9. The third-order valence-corrected chi connectivity index (χ3v) is 9.04. The predicted molar refractivity (Wildman–Crippen MR) is 150 cm³/mol. The molecule has 1 amide bonds. The number of carboxylic acids is 1. The summed E-state index contributed by atoms with van der Waals surface area (Å²) < 4.78 is 20.0. The molecule has 2 aliphatic rings. The minimum atomic E-state index is -1.26. The molecule has 0 spiro atoms. The van der Waals surface area contributed by atoms with Crippen LogP contribution in [0.25, 0.3) is 22.2 Å². The molecule has 2 N–H and O–H groups in total. The maximum absolute atomic E-state index is 12.6. The van der Waals surface area contributed by atoms with Crippen LogP contribution in [0.15, 0.2) is 30.6 Å². The summed E-state index contributed by atoms with van der Waals surface area (Å²) in [5, 5.41) is 12.8. The number of carboxylic acid groups (broad SMARTS) is 1. The van der Waals surface area contributed by atoms with Crippen molar-refractivity contribution in [3.63, 3.8) is 0 Å². The Morgan fingerprint density at radius 2 is 1.97 bits per heavy atom. The van der Waals surface area contributed by atoms with E-state index in [1.165, 1.54) is 0 Å². The Labute approximate surface area is 228 Å². The number of hydrogen-bond acceptors (Lipinski definition) is 7. The molecule has 0 unspecified atom stereocenters. The summed E-state index contributed by atoms with van der Waals surface area (Å²) >= 11 is 0. The second-order valence-electron chi connectivity index (χ2n) is 11.6. The van der Waals surface area contributed by atoms with Crippen molar-refractivity contribution in [1.82, 2.24) is 14.5 Å². The van der Waals surface area contributed by atoms with Crippen LogP contribution in [0.3, 0.4) is 0 Å². The fraction of sp³-hybridized carbons (Fsp3) is 0.500. The monoisotopic (exact) mass is 552 g/mol. The highest BCUT2D eigenvalue weighted by atomic mass is 28.3. The van der Waals surface area contributed by atoms with Gasteiger partial charge >= 0.3 is 5.97 Å². The molecule has 3 aromatic rings. The second kappa shape index (κ2) is 11.0. The molecule has 3 aromatic heterocycles. The van der Waals surface area contributed by atoms with E-state index in [1.54, 1.807) is 19.4 Å². The molecule has 0 aliphatic heterocycles. The van der Waals surface area contributed by atoms with Crippen LogP contribution in [-0.4, -0.2) is 59.4 Å². The van der Waals surface area contributed by atoms with E-state index in [-0.39, 0.29) is 18.7 Å². The Morgan fingerprint density at radius 1 is 1.18 bits per heavy atom. The average Bonchev–Trinajstić information content (AvgIpc) is 3.60. The van der Waals surface area contributed by atoms with Crippen LogP contribution in [0.4, 0.5) is 5.82 Å². The van der Waals surface area contributed by atoms with Gasteiger partial charge in [-0.15, -0.1) is 0 Å². The van der Waals surface area contributed by atoms with Crippen LogP contribution in [-0.2, 0) is 21.1 Å². The van der Waals surface area contributed by atoms with E-state index in [9.17, 15) is 14.7 Å². The van der Waals surface area contributed by atoms with E-state index in [4.69, 9.17) is 19.2 Å². The zero-order chi connectivity index (χ0) is 27.7. The summed E-state index contributed by atoms with van der Waals surface area (Å²) in [6, 6.07) is 6.52. The molecule has 11 heteroatoms. The number of hydrogen-bond donors (Lipinski definition) is 2. The van der Waals surface area contributed by atoms with Gasteiger partial charge < -0.3 is 29.2 Å². The fourth-order valence-electron chi connectivity index (χ4n) is 4.64. The third-order valence-electron chi connectivity index (χ3n) is 7.33. The molecule has 39 heavy (non-hydrogen) atoms. The Morgan fingerprint density at radius 3 is 2.62 bits per heavy atom. The first kappa shape index (κ1) is 27.1.